The second-order valence-electron chi connectivity index (χ2n) is 9.11. The molecule has 4 saturated carbocycles. The van der Waals surface area contributed by atoms with Crippen molar-refractivity contribution in [2.75, 3.05) is 5.32 Å². The van der Waals surface area contributed by atoms with E-state index in [1.165, 1.54) is 12.8 Å². The Morgan fingerprint density at radius 2 is 2.07 bits per heavy atom. The number of esters is 1. The van der Waals surface area contributed by atoms with Crippen LogP contribution in [0.3, 0.4) is 0 Å². The predicted octanol–water partition coefficient (Wildman–Crippen LogP) is 3.48. The van der Waals surface area contributed by atoms with Crippen LogP contribution in [0.5, 0.6) is 0 Å². The maximum Gasteiger partial charge on any atom is 0.342 e. The van der Waals surface area contributed by atoms with Crippen LogP contribution in [-0.2, 0) is 4.74 Å². The molecule has 144 valence electrons. The van der Waals surface area contributed by atoms with Gasteiger partial charge in [-0.1, -0.05) is 0 Å². The number of carbonyl (C=O) groups is 1. The van der Waals surface area contributed by atoms with Gasteiger partial charge in [0, 0.05) is 23.8 Å². The zero-order valence-corrected chi connectivity index (χ0v) is 15.9. The Morgan fingerprint density at radius 3 is 2.74 bits per heavy atom. The molecule has 5 atom stereocenters. The molecule has 2 aromatic rings. The summed E-state index contributed by atoms with van der Waals surface area (Å²) in [6.45, 7) is 3.71. The van der Waals surface area contributed by atoms with Crippen molar-refractivity contribution in [1.29, 1.82) is 0 Å². The van der Waals surface area contributed by atoms with Crippen molar-refractivity contribution in [1.82, 2.24) is 9.97 Å². The quantitative estimate of drug-likeness (QED) is 0.718. The van der Waals surface area contributed by atoms with Crippen LogP contribution in [0.25, 0.3) is 11.0 Å². The molecule has 6 nitrogen and oxygen atoms in total. The molecule has 2 aromatic heterocycles. The molecule has 4 aliphatic rings. The number of hydrogen-bond acceptors (Lipinski definition) is 5. The predicted molar refractivity (Wildman–Crippen MR) is 103 cm³/mol. The molecule has 4 bridgehead atoms. The lowest BCUT2D eigenvalue weighted by atomic mass is 9.52. The Bertz CT molecular complexity index is 874. The minimum Gasteiger partial charge on any atom is -0.459 e. The van der Waals surface area contributed by atoms with Crippen molar-refractivity contribution < 1.29 is 14.6 Å². The van der Waals surface area contributed by atoms with Crippen LogP contribution in [0.4, 0.5) is 5.69 Å². The number of aliphatic hydroxyl groups is 1. The summed E-state index contributed by atoms with van der Waals surface area (Å²) in [5, 5.41) is 15.5. The van der Waals surface area contributed by atoms with Crippen LogP contribution < -0.4 is 5.32 Å². The average molecular weight is 369 g/mol. The lowest BCUT2D eigenvalue weighted by molar-refractivity contribution is -0.129. The van der Waals surface area contributed by atoms with E-state index >= 15 is 0 Å². The summed E-state index contributed by atoms with van der Waals surface area (Å²) in [5.74, 6) is 1.22. The Kier molecular flexibility index (Phi) is 3.76. The number of nitrogens with one attached hydrogen (secondary N) is 2. The van der Waals surface area contributed by atoms with E-state index in [2.05, 4.69) is 15.3 Å². The van der Waals surface area contributed by atoms with E-state index in [0.717, 1.165) is 36.0 Å². The van der Waals surface area contributed by atoms with Gasteiger partial charge >= 0.3 is 5.97 Å². The van der Waals surface area contributed by atoms with Crippen LogP contribution in [-0.4, -0.2) is 38.8 Å². The van der Waals surface area contributed by atoms with Gasteiger partial charge in [-0.2, -0.15) is 0 Å². The third kappa shape index (κ3) is 2.81. The Balaban J connectivity index is 1.51. The van der Waals surface area contributed by atoms with Crippen molar-refractivity contribution in [2.45, 2.75) is 63.7 Å². The molecule has 0 aromatic carbocycles. The first-order chi connectivity index (χ1) is 12.9. The topological polar surface area (TPSA) is 87.2 Å². The van der Waals surface area contributed by atoms with Crippen molar-refractivity contribution in [3.8, 4) is 0 Å². The SMILES string of the molecule is CC(C)OC(=O)c1cnc2[nH]ccc2c1NC1[C@@H]2CC3C[C@H]1CC(O)(C3)C2. The van der Waals surface area contributed by atoms with E-state index in [1.807, 2.05) is 26.1 Å². The number of nitrogens with zero attached hydrogens (tertiary/aromatic N) is 1. The molecule has 4 fully saturated rings. The van der Waals surface area contributed by atoms with Crippen LogP contribution >= 0.6 is 0 Å². The zero-order valence-electron chi connectivity index (χ0n) is 15.9. The summed E-state index contributed by atoms with van der Waals surface area (Å²) in [4.78, 5) is 20.2. The minimum absolute atomic E-state index is 0.178. The highest BCUT2D eigenvalue weighted by atomic mass is 16.5. The molecule has 0 radical (unpaired) electrons. The third-order valence-corrected chi connectivity index (χ3v) is 6.70. The number of anilines is 1. The van der Waals surface area contributed by atoms with E-state index in [-0.39, 0.29) is 18.1 Å². The summed E-state index contributed by atoms with van der Waals surface area (Å²) in [6, 6.07) is 2.24. The van der Waals surface area contributed by atoms with Gasteiger partial charge in [0.2, 0.25) is 0 Å². The van der Waals surface area contributed by atoms with Gasteiger partial charge in [-0.3, -0.25) is 0 Å². The molecule has 3 unspecified atom stereocenters. The number of rotatable bonds is 4. The fourth-order valence-electron chi connectivity index (χ4n) is 5.98. The van der Waals surface area contributed by atoms with Crippen LogP contribution in [0.15, 0.2) is 18.5 Å². The van der Waals surface area contributed by atoms with Gasteiger partial charge in [-0.25, -0.2) is 9.78 Å². The summed E-state index contributed by atoms with van der Waals surface area (Å²) < 4.78 is 5.46. The number of fused-ring (bicyclic) bond motifs is 1. The molecule has 4 aliphatic carbocycles. The van der Waals surface area contributed by atoms with Gasteiger partial charge in [-0.05, 0) is 69.8 Å². The Hall–Kier alpha value is -2.08. The summed E-state index contributed by atoms with van der Waals surface area (Å²) in [6.07, 6.45) is 8.32. The van der Waals surface area contributed by atoms with E-state index in [4.69, 9.17) is 4.74 Å². The number of aromatic amines is 1. The maximum atomic E-state index is 12.7. The standard InChI is InChI=1S/C21H27N3O3/c1-11(2)27-20(25)16-10-23-19-15(3-4-22-19)18(16)24-17-13-5-12-6-14(17)9-21(26,7-12)8-13/h3-4,10-14,17,26H,5-9H2,1-2H3,(H2,22,23,24)/t12?,13-,14+,17?,21?. The molecule has 6 heteroatoms. The average Bonchev–Trinajstić information content (AvgIpc) is 3.04. The number of aromatic nitrogens is 2. The van der Waals surface area contributed by atoms with Crippen molar-refractivity contribution >= 4 is 22.7 Å². The molecule has 3 N–H and O–H groups in total. The Morgan fingerprint density at radius 1 is 1.33 bits per heavy atom. The fraction of sp³-hybridized carbons (Fsp3) is 0.619. The molecule has 0 amide bonds. The molecular weight excluding hydrogens is 342 g/mol. The minimum atomic E-state index is -0.463. The molecule has 0 spiro atoms. The smallest absolute Gasteiger partial charge is 0.342 e. The number of hydrogen-bond donors (Lipinski definition) is 3. The molecule has 0 saturated heterocycles. The first kappa shape index (κ1) is 17.0. The monoisotopic (exact) mass is 369 g/mol. The van der Waals surface area contributed by atoms with Gasteiger partial charge < -0.3 is 20.1 Å². The maximum absolute atomic E-state index is 12.7. The van der Waals surface area contributed by atoms with Gasteiger partial charge in [0.05, 0.1) is 17.4 Å². The van der Waals surface area contributed by atoms with Crippen LogP contribution in [0.2, 0.25) is 0 Å². The lowest BCUT2D eigenvalue weighted by Gasteiger charge is -2.58. The highest BCUT2D eigenvalue weighted by molar-refractivity contribution is 6.04. The normalized spacial score (nSPS) is 34.4. The van der Waals surface area contributed by atoms with E-state index in [1.54, 1.807) is 6.20 Å². The highest BCUT2D eigenvalue weighted by Gasteiger charge is 2.54. The van der Waals surface area contributed by atoms with Gasteiger partial charge in [0.25, 0.3) is 0 Å². The summed E-state index contributed by atoms with van der Waals surface area (Å²) >= 11 is 0. The zero-order chi connectivity index (χ0) is 18.8. The molecule has 6 rings (SSSR count). The summed E-state index contributed by atoms with van der Waals surface area (Å²) in [5.41, 5.74) is 1.61. The van der Waals surface area contributed by atoms with Crippen molar-refractivity contribution in [2.24, 2.45) is 17.8 Å². The first-order valence-corrected chi connectivity index (χ1v) is 10.1. The second kappa shape index (κ2) is 5.96. The fourth-order valence-corrected chi connectivity index (χ4v) is 5.98. The number of H-pyrrole nitrogens is 1. The second-order valence-corrected chi connectivity index (χ2v) is 9.11. The molecular formula is C21H27N3O3. The third-order valence-electron chi connectivity index (χ3n) is 6.70. The Labute approximate surface area is 158 Å². The van der Waals surface area contributed by atoms with Crippen molar-refractivity contribution in [3.63, 3.8) is 0 Å². The number of pyridine rings is 1. The number of ether oxygens (including phenoxy) is 1. The van der Waals surface area contributed by atoms with Crippen LogP contribution in [0.1, 0.15) is 56.3 Å². The highest BCUT2D eigenvalue weighted by Crippen LogP contribution is 2.56. The van der Waals surface area contributed by atoms with Crippen molar-refractivity contribution in [3.05, 3.63) is 24.0 Å². The molecule has 0 aliphatic heterocycles. The van der Waals surface area contributed by atoms with E-state index in [0.29, 0.717) is 23.3 Å². The van der Waals surface area contributed by atoms with Gasteiger partial charge in [0.1, 0.15) is 11.2 Å². The largest absolute Gasteiger partial charge is 0.459 e. The summed E-state index contributed by atoms with van der Waals surface area (Å²) in [7, 11) is 0. The number of carbonyl (C=O) groups excluding carboxylic acids is 1. The molecule has 27 heavy (non-hydrogen) atoms. The van der Waals surface area contributed by atoms with E-state index in [9.17, 15) is 9.90 Å². The van der Waals surface area contributed by atoms with Gasteiger partial charge in [-0.15, -0.1) is 0 Å². The van der Waals surface area contributed by atoms with E-state index < -0.39 is 5.60 Å². The molecule has 2 heterocycles. The van der Waals surface area contributed by atoms with Gasteiger partial charge in [0.15, 0.2) is 0 Å². The first-order valence-electron chi connectivity index (χ1n) is 10.1. The lowest BCUT2D eigenvalue weighted by Crippen LogP contribution is -2.59. The van der Waals surface area contributed by atoms with Crippen LogP contribution in [0, 0.1) is 17.8 Å².